The molecule has 0 aliphatic carbocycles. The van der Waals surface area contributed by atoms with Gasteiger partial charge >= 0.3 is 0 Å². The molecule has 1 aromatic carbocycles. The summed E-state index contributed by atoms with van der Waals surface area (Å²) in [6.45, 7) is 0.314. The van der Waals surface area contributed by atoms with Gasteiger partial charge in [0.25, 0.3) is 0 Å². The van der Waals surface area contributed by atoms with Crippen LogP contribution in [-0.4, -0.2) is 31.2 Å². The van der Waals surface area contributed by atoms with Crippen LogP contribution in [0.1, 0.15) is 18.6 Å². The first-order valence-corrected chi connectivity index (χ1v) is 9.48. The molecule has 1 aliphatic heterocycles. The van der Waals surface area contributed by atoms with Crippen LogP contribution in [0.3, 0.4) is 0 Å². The number of hydrogen-bond donors (Lipinski definition) is 1. The molecule has 1 aliphatic rings. The number of rotatable bonds is 5. The van der Waals surface area contributed by atoms with E-state index in [-0.39, 0.29) is 18.1 Å². The number of carbonyl (C=O) groups is 1. The van der Waals surface area contributed by atoms with Crippen LogP contribution in [0.5, 0.6) is 0 Å². The Balaban J connectivity index is 1.79. The lowest BCUT2D eigenvalue weighted by atomic mass is 10.2. The lowest BCUT2D eigenvalue weighted by molar-refractivity contribution is -0.124. The molecular weight excluding hydrogens is 371 g/mol. The summed E-state index contributed by atoms with van der Waals surface area (Å²) in [5.74, 6) is -0.814. The van der Waals surface area contributed by atoms with Crippen molar-refractivity contribution in [2.45, 2.75) is 30.3 Å². The molecule has 1 atom stereocenters. The molecule has 2 aromatic rings. The molecule has 1 N–H and O–H groups in total. The van der Waals surface area contributed by atoms with Gasteiger partial charge in [0.05, 0.1) is 12.8 Å². The molecule has 1 saturated heterocycles. The fraction of sp³-hybridized carbons (Fsp3) is 0.312. The first kappa shape index (κ1) is 17.9. The number of nitrogens with zero attached hydrogens (tertiary/aromatic N) is 1. The summed E-state index contributed by atoms with van der Waals surface area (Å²) in [5.41, 5.74) is 0. The smallest absolute Gasteiger partial charge is 0.246 e. The minimum atomic E-state index is -4.14. The number of benzene rings is 1. The maximum Gasteiger partial charge on any atom is 0.246 e. The zero-order valence-electron chi connectivity index (χ0n) is 13.1. The van der Waals surface area contributed by atoms with E-state index in [9.17, 15) is 17.6 Å². The summed E-state index contributed by atoms with van der Waals surface area (Å²) in [5, 5.41) is 2.75. The maximum atomic E-state index is 14.1. The van der Waals surface area contributed by atoms with Crippen LogP contribution in [0, 0.1) is 5.82 Å². The van der Waals surface area contributed by atoms with Gasteiger partial charge in [0.15, 0.2) is 0 Å². The van der Waals surface area contributed by atoms with Crippen LogP contribution >= 0.6 is 11.6 Å². The number of amides is 1. The Kier molecular flexibility index (Phi) is 5.12. The highest BCUT2D eigenvalue weighted by Gasteiger charge is 2.40. The Bertz CT molecular complexity index is 870. The summed E-state index contributed by atoms with van der Waals surface area (Å²) in [4.78, 5) is 11.9. The highest BCUT2D eigenvalue weighted by atomic mass is 35.5. The van der Waals surface area contributed by atoms with Gasteiger partial charge in [-0.1, -0.05) is 11.6 Å². The van der Waals surface area contributed by atoms with Crippen molar-refractivity contribution in [3.8, 4) is 0 Å². The van der Waals surface area contributed by atoms with Crippen LogP contribution < -0.4 is 5.32 Å². The first-order valence-electron chi connectivity index (χ1n) is 7.66. The van der Waals surface area contributed by atoms with Gasteiger partial charge in [-0.25, -0.2) is 12.8 Å². The SMILES string of the molecule is O=C(NCc1ccco1)C1CCCN1S(=O)(=O)c1ccc(Cl)cc1F. The summed E-state index contributed by atoms with van der Waals surface area (Å²) >= 11 is 5.67. The Hall–Kier alpha value is -1.90. The van der Waals surface area contributed by atoms with Crippen LogP contribution in [0.25, 0.3) is 0 Å². The van der Waals surface area contributed by atoms with Crippen LogP contribution in [-0.2, 0) is 21.4 Å². The summed E-state index contributed by atoms with van der Waals surface area (Å²) in [6.07, 6.45) is 2.38. The molecule has 0 radical (unpaired) electrons. The molecule has 1 fully saturated rings. The number of carbonyl (C=O) groups excluding carboxylic acids is 1. The predicted molar refractivity (Wildman–Crippen MR) is 88.9 cm³/mol. The quantitative estimate of drug-likeness (QED) is 0.856. The van der Waals surface area contributed by atoms with E-state index in [2.05, 4.69) is 5.32 Å². The molecule has 1 aromatic heterocycles. The number of furan rings is 1. The van der Waals surface area contributed by atoms with E-state index in [1.54, 1.807) is 12.1 Å². The topological polar surface area (TPSA) is 79.6 Å². The van der Waals surface area contributed by atoms with Gasteiger partial charge in [-0.05, 0) is 43.2 Å². The fourth-order valence-electron chi connectivity index (χ4n) is 2.81. The van der Waals surface area contributed by atoms with Gasteiger partial charge in [-0.3, -0.25) is 4.79 Å². The number of halogens is 2. The average molecular weight is 387 g/mol. The maximum absolute atomic E-state index is 14.1. The van der Waals surface area contributed by atoms with Crippen LogP contribution in [0.4, 0.5) is 4.39 Å². The lowest BCUT2D eigenvalue weighted by Crippen LogP contribution is -2.45. The van der Waals surface area contributed by atoms with Gasteiger partial charge in [0.1, 0.15) is 22.5 Å². The van der Waals surface area contributed by atoms with Crippen molar-refractivity contribution in [3.63, 3.8) is 0 Å². The van der Waals surface area contributed by atoms with Crippen LogP contribution in [0.2, 0.25) is 5.02 Å². The van der Waals surface area contributed by atoms with Crippen molar-refractivity contribution in [3.05, 3.63) is 53.2 Å². The Morgan fingerprint density at radius 3 is 2.88 bits per heavy atom. The normalized spacial score (nSPS) is 18.4. The third kappa shape index (κ3) is 3.70. The Morgan fingerprint density at radius 2 is 2.20 bits per heavy atom. The van der Waals surface area contributed by atoms with Crippen molar-refractivity contribution in [1.82, 2.24) is 9.62 Å². The lowest BCUT2D eigenvalue weighted by Gasteiger charge is -2.23. The second kappa shape index (κ2) is 7.15. The second-order valence-corrected chi connectivity index (χ2v) is 7.94. The summed E-state index contributed by atoms with van der Waals surface area (Å²) in [7, 11) is -4.14. The largest absolute Gasteiger partial charge is 0.467 e. The third-order valence-electron chi connectivity index (χ3n) is 4.00. The molecule has 3 rings (SSSR count). The minimum absolute atomic E-state index is 0.102. The highest BCUT2D eigenvalue weighted by Crippen LogP contribution is 2.28. The third-order valence-corrected chi connectivity index (χ3v) is 6.18. The average Bonchev–Trinajstić information content (AvgIpc) is 3.24. The van der Waals surface area contributed by atoms with E-state index >= 15 is 0 Å². The van der Waals surface area contributed by atoms with Crippen molar-refractivity contribution >= 4 is 27.5 Å². The molecule has 0 bridgehead atoms. The Labute approximate surface area is 149 Å². The van der Waals surface area contributed by atoms with Gasteiger partial charge in [-0.2, -0.15) is 4.31 Å². The molecule has 25 heavy (non-hydrogen) atoms. The van der Waals surface area contributed by atoms with Crippen molar-refractivity contribution in [2.75, 3.05) is 6.54 Å². The van der Waals surface area contributed by atoms with Crippen molar-refractivity contribution < 1.29 is 22.0 Å². The molecule has 9 heteroatoms. The van der Waals surface area contributed by atoms with Gasteiger partial charge < -0.3 is 9.73 Å². The number of sulfonamides is 1. The second-order valence-electron chi connectivity index (χ2n) is 5.65. The van der Waals surface area contributed by atoms with E-state index in [4.69, 9.17) is 16.0 Å². The molecule has 2 heterocycles. The van der Waals surface area contributed by atoms with Gasteiger partial charge in [-0.15, -0.1) is 0 Å². The molecule has 1 unspecified atom stereocenters. The van der Waals surface area contributed by atoms with Gasteiger partial charge in [0, 0.05) is 11.6 Å². The highest BCUT2D eigenvalue weighted by molar-refractivity contribution is 7.89. The summed E-state index contributed by atoms with van der Waals surface area (Å²) in [6, 6.07) is 5.87. The zero-order chi connectivity index (χ0) is 18.0. The standard InChI is InChI=1S/C16H16ClFN2O4S/c17-11-5-6-15(13(18)9-11)25(22,23)20-7-1-4-14(20)16(21)19-10-12-3-2-8-24-12/h2-3,5-6,8-9,14H,1,4,7,10H2,(H,19,21). The van der Waals surface area contributed by atoms with E-state index in [1.807, 2.05) is 0 Å². The Morgan fingerprint density at radius 1 is 1.40 bits per heavy atom. The molecule has 1 amide bonds. The summed E-state index contributed by atoms with van der Waals surface area (Å²) < 4.78 is 45.7. The molecule has 0 saturated carbocycles. The van der Waals surface area contributed by atoms with Crippen LogP contribution in [0.15, 0.2) is 45.9 Å². The van der Waals surface area contributed by atoms with Gasteiger partial charge in [0.2, 0.25) is 15.9 Å². The minimum Gasteiger partial charge on any atom is -0.467 e. The van der Waals surface area contributed by atoms with Crippen molar-refractivity contribution in [1.29, 1.82) is 0 Å². The van der Waals surface area contributed by atoms with E-state index < -0.39 is 32.7 Å². The predicted octanol–water partition coefficient (Wildman–Crippen LogP) is 2.54. The number of nitrogens with one attached hydrogen (secondary N) is 1. The van der Waals surface area contributed by atoms with Crippen molar-refractivity contribution in [2.24, 2.45) is 0 Å². The van der Waals surface area contributed by atoms with E-state index in [0.29, 0.717) is 18.6 Å². The fourth-order valence-corrected chi connectivity index (χ4v) is 4.67. The first-order chi connectivity index (χ1) is 11.9. The molecule has 0 spiro atoms. The van der Waals surface area contributed by atoms with E-state index in [1.165, 1.54) is 12.3 Å². The molecular formula is C16H16ClFN2O4S. The molecule has 134 valence electrons. The monoisotopic (exact) mass is 386 g/mol. The van der Waals surface area contributed by atoms with E-state index in [0.717, 1.165) is 16.4 Å². The molecule has 6 nitrogen and oxygen atoms in total. The number of hydrogen-bond acceptors (Lipinski definition) is 4. The zero-order valence-corrected chi connectivity index (χ0v) is 14.7.